The summed E-state index contributed by atoms with van der Waals surface area (Å²) in [6.45, 7) is 5.32. The monoisotopic (exact) mass is 397 g/mol. The lowest BCUT2D eigenvalue weighted by atomic mass is 9.96. The molecule has 8 nitrogen and oxygen atoms in total. The third-order valence-corrected chi connectivity index (χ3v) is 5.59. The van der Waals surface area contributed by atoms with Gasteiger partial charge in [-0.3, -0.25) is 9.59 Å². The molecule has 2 fully saturated rings. The van der Waals surface area contributed by atoms with Crippen molar-refractivity contribution in [3.63, 3.8) is 0 Å². The summed E-state index contributed by atoms with van der Waals surface area (Å²) in [5.74, 6) is -0.0274. The number of piperidine rings is 1. The molecule has 2 aliphatic heterocycles. The molecule has 0 spiro atoms. The first-order valence-corrected chi connectivity index (χ1v) is 10.2. The maximum absolute atomic E-state index is 12.7. The standard InChI is InChI=1S/C21H27N5O3/c27-20-12-19(14-23-24-20)26-7-1-2-17(15-26)21(28)22-13-16-3-5-18(6-4-16)25-8-10-29-11-9-25/h3-6,12,14,17H,1-2,7-11,13,15H2,(H,22,28)(H,24,27)/t17-/m1/s1. The number of carbonyl (C=O) groups excluding carboxylic acids is 1. The molecular formula is C21H27N5O3. The molecule has 1 atom stereocenters. The van der Waals surface area contributed by atoms with Crippen LogP contribution in [0.5, 0.6) is 0 Å². The number of nitrogens with zero attached hydrogens (tertiary/aromatic N) is 3. The number of nitrogens with one attached hydrogen (secondary N) is 2. The summed E-state index contributed by atoms with van der Waals surface area (Å²) in [5.41, 5.74) is 2.82. The van der Waals surface area contributed by atoms with Gasteiger partial charge in [-0.05, 0) is 30.5 Å². The fourth-order valence-corrected chi connectivity index (χ4v) is 3.94. The maximum Gasteiger partial charge on any atom is 0.266 e. The van der Waals surface area contributed by atoms with Gasteiger partial charge < -0.3 is 19.9 Å². The second kappa shape index (κ2) is 9.09. The summed E-state index contributed by atoms with van der Waals surface area (Å²) >= 11 is 0. The van der Waals surface area contributed by atoms with E-state index in [1.807, 2.05) is 0 Å². The highest BCUT2D eigenvalue weighted by molar-refractivity contribution is 5.79. The van der Waals surface area contributed by atoms with Gasteiger partial charge in [0, 0.05) is 44.5 Å². The fourth-order valence-electron chi connectivity index (χ4n) is 3.94. The van der Waals surface area contributed by atoms with Crippen LogP contribution in [0.2, 0.25) is 0 Å². The van der Waals surface area contributed by atoms with E-state index in [9.17, 15) is 9.59 Å². The average Bonchev–Trinajstić information content (AvgIpc) is 2.78. The van der Waals surface area contributed by atoms with Crippen LogP contribution >= 0.6 is 0 Å². The highest BCUT2D eigenvalue weighted by Crippen LogP contribution is 2.22. The van der Waals surface area contributed by atoms with E-state index < -0.39 is 0 Å². The Labute approximate surface area is 169 Å². The van der Waals surface area contributed by atoms with Gasteiger partial charge in [-0.25, -0.2) is 5.10 Å². The van der Waals surface area contributed by atoms with Crippen LogP contribution in [0.1, 0.15) is 18.4 Å². The predicted octanol–water partition coefficient (Wildman–Crippen LogP) is 1.14. The maximum atomic E-state index is 12.7. The third kappa shape index (κ3) is 4.95. The number of benzene rings is 1. The van der Waals surface area contributed by atoms with E-state index in [2.05, 4.69) is 49.6 Å². The predicted molar refractivity (Wildman–Crippen MR) is 111 cm³/mol. The lowest BCUT2D eigenvalue weighted by molar-refractivity contribution is -0.125. The number of carbonyl (C=O) groups is 1. The number of hydrogen-bond donors (Lipinski definition) is 2. The van der Waals surface area contributed by atoms with Crippen molar-refractivity contribution in [2.75, 3.05) is 49.2 Å². The van der Waals surface area contributed by atoms with Crippen molar-refractivity contribution in [3.05, 3.63) is 52.4 Å². The van der Waals surface area contributed by atoms with Gasteiger partial charge >= 0.3 is 0 Å². The molecule has 1 amide bonds. The molecule has 2 N–H and O–H groups in total. The lowest BCUT2D eigenvalue weighted by Crippen LogP contribution is -2.43. The van der Waals surface area contributed by atoms with Crippen molar-refractivity contribution >= 4 is 17.3 Å². The first kappa shape index (κ1) is 19.4. The van der Waals surface area contributed by atoms with Gasteiger partial charge in [-0.2, -0.15) is 5.10 Å². The Balaban J connectivity index is 1.30. The molecule has 0 radical (unpaired) electrons. The van der Waals surface area contributed by atoms with Gasteiger partial charge in [0.15, 0.2) is 0 Å². The molecule has 1 aromatic carbocycles. The molecule has 0 bridgehead atoms. The minimum Gasteiger partial charge on any atom is -0.378 e. The summed E-state index contributed by atoms with van der Waals surface area (Å²) in [7, 11) is 0. The molecule has 3 heterocycles. The molecule has 2 saturated heterocycles. The molecule has 0 unspecified atom stereocenters. The van der Waals surface area contributed by atoms with Gasteiger partial charge in [0.05, 0.1) is 31.0 Å². The van der Waals surface area contributed by atoms with Crippen LogP contribution in [0, 0.1) is 5.92 Å². The molecule has 2 aromatic rings. The van der Waals surface area contributed by atoms with Crippen LogP contribution < -0.4 is 20.7 Å². The van der Waals surface area contributed by atoms with E-state index in [0.717, 1.165) is 56.9 Å². The van der Waals surface area contributed by atoms with Crippen molar-refractivity contribution in [2.24, 2.45) is 5.92 Å². The first-order chi connectivity index (χ1) is 14.2. The first-order valence-electron chi connectivity index (χ1n) is 10.2. The highest BCUT2D eigenvalue weighted by atomic mass is 16.5. The Morgan fingerprint density at radius 1 is 1.14 bits per heavy atom. The number of H-pyrrole nitrogens is 1. The number of morpholine rings is 1. The third-order valence-electron chi connectivity index (χ3n) is 5.59. The Morgan fingerprint density at radius 2 is 1.93 bits per heavy atom. The Bertz CT molecular complexity index is 876. The van der Waals surface area contributed by atoms with Crippen molar-refractivity contribution in [1.82, 2.24) is 15.5 Å². The smallest absolute Gasteiger partial charge is 0.266 e. The molecule has 154 valence electrons. The average molecular weight is 397 g/mol. The summed E-state index contributed by atoms with van der Waals surface area (Å²) < 4.78 is 5.40. The van der Waals surface area contributed by atoms with Crippen LogP contribution in [-0.4, -0.2) is 55.5 Å². The van der Waals surface area contributed by atoms with Gasteiger partial charge in [0.1, 0.15) is 0 Å². The van der Waals surface area contributed by atoms with Crippen molar-refractivity contribution in [3.8, 4) is 0 Å². The van der Waals surface area contributed by atoms with Gasteiger partial charge in [0.25, 0.3) is 5.56 Å². The molecule has 0 aliphatic carbocycles. The normalized spacial score (nSPS) is 19.8. The van der Waals surface area contributed by atoms with Crippen LogP contribution in [0.25, 0.3) is 0 Å². The molecule has 8 heteroatoms. The zero-order valence-corrected chi connectivity index (χ0v) is 16.5. The van der Waals surface area contributed by atoms with Crippen molar-refractivity contribution < 1.29 is 9.53 Å². The number of hydrogen-bond acceptors (Lipinski definition) is 6. The summed E-state index contributed by atoms with van der Waals surface area (Å²) in [6, 6.07) is 9.88. The number of amides is 1. The molecule has 1 aromatic heterocycles. The zero-order valence-electron chi connectivity index (χ0n) is 16.5. The van der Waals surface area contributed by atoms with Gasteiger partial charge in [-0.1, -0.05) is 12.1 Å². The van der Waals surface area contributed by atoms with Gasteiger partial charge in [-0.15, -0.1) is 0 Å². The van der Waals surface area contributed by atoms with Crippen molar-refractivity contribution in [1.29, 1.82) is 0 Å². The van der Waals surface area contributed by atoms with E-state index in [1.165, 1.54) is 11.8 Å². The second-order valence-electron chi connectivity index (χ2n) is 7.57. The molecule has 29 heavy (non-hydrogen) atoms. The van der Waals surface area contributed by atoms with E-state index in [4.69, 9.17) is 4.74 Å². The van der Waals surface area contributed by atoms with E-state index in [-0.39, 0.29) is 17.4 Å². The topological polar surface area (TPSA) is 90.6 Å². The highest BCUT2D eigenvalue weighted by Gasteiger charge is 2.26. The largest absolute Gasteiger partial charge is 0.378 e. The minimum atomic E-state index is -0.227. The van der Waals surface area contributed by atoms with E-state index in [0.29, 0.717) is 13.1 Å². The van der Waals surface area contributed by atoms with Gasteiger partial charge in [0.2, 0.25) is 5.91 Å². The molecule has 2 aliphatic rings. The number of aromatic nitrogens is 2. The summed E-state index contributed by atoms with van der Waals surface area (Å²) in [4.78, 5) is 28.6. The lowest BCUT2D eigenvalue weighted by Gasteiger charge is -2.33. The van der Waals surface area contributed by atoms with Crippen LogP contribution in [-0.2, 0) is 16.1 Å². The quantitative estimate of drug-likeness (QED) is 0.786. The van der Waals surface area contributed by atoms with Crippen LogP contribution in [0.3, 0.4) is 0 Å². The number of ether oxygens (including phenoxy) is 1. The van der Waals surface area contributed by atoms with Crippen molar-refractivity contribution in [2.45, 2.75) is 19.4 Å². The Hall–Kier alpha value is -2.87. The molecule has 4 rings (SSSR count). The Kier molecular flexibility index (Phi) is 6.09. The number of aromatic amines is 1. The van der Waals surface area contributed by atoms with Crippen LogP contribution in [0.15, 0.2) is 41.3 Å². The SMILES string of the molecule is O=C(NCc1ccc(N2CCOCC2)cc1)[C@@H]1CCCN(c2cn[nH]c(=O)c2)C1. The summed E-state index contributed by atoms with van der Waals surface area (Å²) in [5, 5.41) is 9.31. The Morgan fingerprint density at radius 3 is 2.69 bits per heavy atom. The number of rotatable bonds is 5. The van der Waals surface area contributed by atoms with E-state index in [1.54, 1.807) is 6.20 Å². The minimum absolute atomic E-state index is 0.0600. The zero-order chi connectivity index (χ0) is 20.1. The molecular weight excluding hydrogens is 370 g/mol. The summed E-state index contributed by atoms with van der Waals surface area (Å²) in [6.07, 6.45) is 3.41. The molecule has 0 saturated carbocycles. The van der Waals surface area contributed by atoms with Crippen LogP contribution in [0.4, 0.5) is 11.4 Å². The van der Waals surface area contributed by atoms with E-state index >= 15 is 0 Å². The second-order valence-corrected chi connectivity index (χ2v) is 7.57. The fraction of sp³-hybridized carbons (Fsp3) is 0.476. The number of anilines is 2.